The Hall–Kier alpha value is -2.85. The standard InChI is InChI=1S/C18H16N4O2S/c19-9-12-8-11-4-3-7-14(11)22-18(12)25-10-16(23)21-15-6-2-1-5-13(15)17(20)24/h1-2,5-6,8H,3-4,7,10H2,(H2,20,24)(H,21,23). The van der Waals surface area contributed by atoms with E-state index in [2.05, 4.69) is 16.4 Å². The summed E-state index contributed by atoms with van der Waals surface area (Å²) >= 11 is 1.22. The molecule has 1 heterocycles. The number of amides is 2. The molecule has 126 valence electrons. The van der Waals surface area contributed by atoms with Gasteiger partial charge in [0.1, 0.15) is 11.1 Å². The first-order valence-corrected chi connectivity index (χ1v) is 8.81. The number of nitrogens with two attached hydrogens (primary N) is 1. The van der Waals surface area contributed by atoms with E-state index in [0.717, 1.165) is 30.5 Å². The molecular formula is C18H16N4O2S. The molecule has 3 N–H and O–H groups in total. The lowest BCUT2D eigenvalue weighted by Crippen LogP contribution is -2.19. The van der Waals surface area contributed by atoms with Crippen LogP contribution < -0.4 is 11.1 Å². The number of pyridine rings is 1. The smallest absolute Gasteiger partial charge is 0.250 e. The van der Waals surface area contributed by atoms with Gasteiger partial charge in [0.15, 0.2) is 0 Å². The molecule has 1 aliphatic rings. The van der Waals surface area contributed by atoms with Crippen LogP contribution in [0, 0.1) is 11.3 Å². The molecule has 0 unspecified atom stereocenters. The van der Waals surface area contributed by atoms with Crippen molar-refractivity contribution in [1.29, 1.82) is 5.26 Å². The number of aryl methyl sites for hydroxylation is 2. The molecule has 1 aromatic carbocycles. The molecule has 25 heavy (non-hydrogen) atoms. The number of rotatable bonds is 5. The zero-order valence-corrected chi connectivity index (χ0v) is 14.2. The van der Waals surface area contributed by atoms with E-state index < -0.39 is 5.91 Å². The Morgan fingerprint density at radius 3 is 2.88 bits per heavy atom. The molecule has 0 fully saturated rings. The molecule has 0 spiro atoms. The molecule has 0 saturated heterocycles. The van der Waals surface area contributed by atoms with Crippen LogP contribution in [0.1, 0.15) is 33.6 Å². The number of nitrogens with one attached hydrogen (secondary N) is 1. The van der Waals surface area contributed by atoms with Crippen molar-refractivity contribution in [2.45, 2.75) is 24.3 Å². The number of aromatic nitrogens is 1. The zero-order chi connectivity index (χ0) is 17.8. The quantitative estimate of drug-likeness (QED) is 0.802. The predicted octanol–water partition coefficient (Wildman–Crippen LogP) is 2.27. The number of hydrogen-bond donors (Lipinski definition) is 2. The Balaban J connectivity index is 1.70. The Bertz CT molecular complexity index is 889. The van der Waals surface area contributed by atoms with Gasteiger partial charge >= 0.3 is 0 Å². The Morgan fingerprint density at radius 2 is 2.12 bits per heavy atom. The SMILES string of the molecule is N#Cc1cc2c(nc1SCC(=O)Nc1ccccc1C(N)=O)CCC2. The van der Waals surface area contributed by atoms with Gasteiger partial charge in [-0.05, 0) is 43.0 Å². The van der Waals surface area contributed by atoms with Gasteiger partial charge in [0.2, 0.25) is 5.91 Å². The molecule has 3 rings (SSSR count). The number of benzene rings is 1. The van der Waals surface area contributed by atoms with Gasteiger partial charge in [-0.15, -0.1) is 0 Å². The Morgan fingerprint density at radius 1 is 1.32 bits per heavy atom. The minimum atomic E-state index is -0.601. The Labute approximate surface area is 149 Å². The number of thioether (sulfide) groups is 1. The van der Waals surface area contributed by atoms with Crippen molar-refractivity contribution >= 4 is 29.3 Å². The van der Waals surface area contributed by atoms with Gasteiger partial charge in [0, 0.05) is 5.69 Å². The second kappa shape index (κ2) is 7.36. The number of anilines is 1. The van der Waals surface area contributed by atoms with Gasteiger partial charge in [-0.1, -0.05) is 23.9 Å². The number of carbonyl (C=O) groups is 2. The van der Waals surface area contributed by atoms with Crippen LogP contribution in [0.2, 0.25) is 0 Å². The van der Waals surface area contributed by atoms with Crippen molar-refractivity contribution < 1.29 is 9.59 Å². The number of para-hydroxylation sites is 1. The summed E-state index contributed by atoms with van der Waals surface area (Å²) in [7, 11) is 0. The summed E-state index contributed by atoms with van der Waals surface area (Å²) in [6.07, 6.45) is 2.91. The van der Waals surface area contributed by atoms with E-state index in [0.29, 0.717) is 16.3 Å². The van der Waals surface area contributed by atoms with Gasteiger partial charge < -0.3 is 11.1 Å². The minimum absolute atomic E-state index is 0.0908. The first-order valence-electron chi connectivity index (χ1n) is 7.83. The summed E-state index contributed by atoms with van der Waals surface area (Å²) in [5.74, 6) is -0.798. The maximum absolute atomic E-state index is 12.2. The van der Waals surface area contributed by atoms with Crippen LogP contribution in [-0.4, -0.2) is 22.6 Å². The lowest BCUT2D eigenvalue weighted by molar-refractivity contribution is -0.113. The molecule has 0 saturated carbocycles. The predicted molar refractivity (Wildman–Crippen MR) is 95.3 cm³/mol. The number of nitrogens with zero attached hydrogens (tertiary/aromatic N) is 2. The highest BCUT2D eigenvalue weighted by atomic mass is 32.2. The van der Waals surface area contributed by atoms with E-state index in [9.17, 15) is 14.9 Å². The van der Waals surface area contributed by atoms with Crippen LogP contribution in [0.15, 0.2) is 35.4 Å². The molecule has 7 heteroatoms. The Kier molecular flexibility index (Phi) is 5.00. The second-order valence-electron chi connectivity index (χ2n) is 5.66. The van der Waals surface area contributed by atoms with Gasteiger partial charge in [-0.25, -0.2) is 4.98 Å². The third-order valence-electron chi connectivity index (χ3n) is 3.94. The molecule has 1 aliphatic carbocycles. The molecular weight excluding hydrogens is 336 g/mol. The van der Waals surface area contributed by atoms with Crippen molar-refractivity contribution in [3.63, 3.8) is 0 Å². The maximum atomic E-state index is 12.2. The van der Waals surface area contributed by atoms with Crippen LogP contribution in [-0.2, 0) is 17.6 Å². The highest BCUT2D eigenvalue weighted by Crippen LogP contribution is 2.28. The number of nitriles is 1. The second-order valence-corrected chi connectivity index (χ2v) is 6.62. The van der Waals surface area contributed by atoms with Gasteiger partial charge in [-0.3, -0.25) is 9.59 Å². The molecule has 6 nitrogen and oxygen atoms in total. The number of fused-ring (bicyclic) bond motifs is 1. The molecule has 0 radical (unpaired) electrons. The number of carbonyl (C=O) groups excluding carboxylic acids is 2. The van der Waals surface area contributed by atoms with Crippen molar-refractivity contribution in [1.82, 2.24) is 4.98 Å². The van der Waals surface area contributed by atoms with Crippen LogP contribution in [0.4, 0.5) is 5.69 Å². The molecule has 0 aliphatic heterocycles. The van der Waals surface area contributed by atoms with E-state index in [1.165, 1.54) is 11.8 Å². The van der Waals surface area contributed by atoms with Crippen molar-refractivity contribution in [3.05, 3.63) is 52.7 Å². The lowest BCUT2D eigenvalue weighted by Gasteiger charge is -2.09. The van der Waals surface area contributed by atoms with E-state index in [-0.39, 0.29) is 17.2 Å². The van der Waals surface area contributed by atoms with Crippen molar-refractivity contribution in [2.75, 3.05) is 11.1 Å². The number of primary amides is 1. The van der Waals surface area contributed by atoms with Crippen LogP contribution in [0.25, 0.3) is 0 Å². The summed E-state index contributed by atoms with van der Waals surface area (Å²) in [5, 5.41) is 12.5. The fraction of sp³-hybridized carbons (Fsp3) is 0.222. The topological polar surface area (TPSA) is 109 Å². The van der Waals surface area contributed by atoms with Gasteiger partial charge in [0.05, 0.1) is 22.6 Å². The van der Waals surface area contributed by atoms with Crippen molar-refractivity contribution in [2.24, 2.45) is 5.73 Å². The summed E-state index contributed by atoms with van der Waals surface area (Å²) in [6.45, 7) is 0. The lowest BCUT2D eigenvalue weighted by atomic mass is 10.1. The maximum Gasteiger partial charge on any atom is 0.250 e. The highest BCUT2D eigenvalue weighted by Gasteiger charge is 2.18. The molecule has 0 bridgehead atoms. The molecule has 0 atom stereocenters. The van der Waals surface area contributed by atoms with Crippen LogP contribution >= 0.6 is 11.8 Å². The van der Waals surface area contributed by atoms with Crippen LogP contribution in [0.5, 0.6) is 0 Å². The zero-order valence-electron chi connectivity index (χ0n) is 13.4. The van der Waals surface area contributed by atoms with E-state index in [4.69, 9.17) is 5.73 Å². The van der Waals surface area contributed by atoms with E-state index >= 15 is 0 Å². The summed E-state index contributed by atoms with van der Waals surface area (Å²) < 4.78 is 0. The molecule has 2 aromatic rings. The van der Waals surface area contributed by atoms with E-state index in [1.807, 2.05) is 6.07 Å². The van der Waals surface area contributed by atoms with Gasteiger partial charge in [0.25, 0.3) is 5.91 Å². The fourth-order valence-electron chi connectivity index (χ4n) is 2.77. The molecule has 2 amide bonds. The minimum Gasteiger partial charge on any atom is -0.366 e. The third-order valence-corrected chi connectivity index (χ3v) is 4.93. The summed E-state index contributed by atoms with van der Waals surface area (Å²) in [4.78, 5) is 28.1. The average Bonchev–Trinajstić information content (AvgIpc) is 3.06. The number of hydrogen-bond acceptors (Lipinski definition) is 5. The third kappa shape index (κ3) is 3.80. The highest BCUT2D eigenvalue weighted by molar-refractivity contribution is 8.00. The first-order chi connectivity index (χ1) is 12.1. The summed E-state index contributed by atoms with van der Waals surface area (Å²) in [6, 6.07) is 10.6. The average molecular weight is 352 g/mol. The van der Waals surface area contributed by atoms with Crippen molar-refractivity contribution in [3.8, 4) is 6.07 Å². The largest absolute Gasteiger partial charge is 0.366 e. The first kappa shape index (κ1) is 17.0. The fourth-order valence-corrected chi connectivity index (χ4v) is 3.55. The molecule has 1 aromatic heterocycles. The van der Waals surface area contributed by atoms with Gasteiger partial charge in [-0.2, -0.15) is 5.26 Å². The monoisotopic (exact) mass is 352 g/mol. The summed E-state index contributed by atoms with van der Waals surface area (Å²) in [5.41, 5.74) is 8.58. The van der Waals surface area contributed by atoms with Crippen LogP contribution in [0.3, 0.4) is 0 Å². The normalized spacial score (nSPS) is 12.3. The van der Waals surface area contributed by atoms with E-state index in [1.54, 1.807) is 24.3 Å².